The highest BCUT2D eigenvalue weighted by molar-refractivity contribution is 6.06. The number of benzene rings is 1. The topological polar surface area (TPSA) is 71.8 Å². The molecule has 1 amide bonds. The van der Waals surface area contributed by atoms with Crippen molar-refractivity contribution >= 4 is 41.8 Å². The molecule has 0 unspecified atom stereocenters. The Morgan fingerprint density at radius 3 is 2.52 bits per heavy atom. The zero-order chi connectivity index (χ0) is 19.0. The van der Waals surface area contributed by atoms with Gasteiger partial charge in [0.25, 0.3) is 5.91 Å². The highest BCUT2D eigenvalue weighted by atomic mass is 35.5. The first kappa shape index (κ1) is 23.1. The number of nitrogens with zero attached hydrogens (tertiary/aromatic N) is 3. The number of carbonyl (C=O) groups excluding carboxylic acids is 1. The Morgan fingerprint density at radius 2 is 1.93 bits per heavy atom. The third kappa shape index (κ3) is 4.71. The number of fused-ring (bicyclic) bond motifs is 1. The van der Waals surface area contributed by atoms with E-state index in [-0.39, 0.29) is 36.8 Å². The lowest BCUT2D eigenvalue weighted by atomic mass is 10.0. The van der Waals surface area contributed by atoms with Gasteiger partial charge in [0.1, 0.15) is 0 Å². The molecule has 0 saturated carbocycles. The second-order valence-electron chi connectivity index (χ2n) is 7.58. The third-order valence-electron chi connectivity index (χ3n) is 5.07. The fourth-order valence-electron chi connectivity index (χ4n) is 3.28. The van der Waals surface area contributed by atoms with Gasteiger partial charge in [-0.15, -0.1) is 24.8 Å². The summed E-state index contributed by atoms with van der Waals surface area (Å²) in [6.07, 6.45) is 1.75. The summed E-state index contributed by atoms with van der Waals surface area (Å²) in [5.41, 5.74) is 4.36. The van der Waals surface area contributed by atoms with Gasteiger partial charge in [-0.05, 0) is 26.8 Å². The zero-order valence-electron chi connectivity index (χ0n) is 16.8. The molecular formula is C21H27Cl2N5O. The molecule has 1 saturated heterocycles. The molecule has 2 N–H and O–H groups in total. The maximum absolute atomic E-state index is 12.9. The van der Waals surface area contributed by atoms with Crippen LogP contribution in [0.1, 0.15) is 35.8 Å². The van der Waals surface area contributed by atoms with E-state index in [0.717, 1.165) is 35.4 Å². The summed E-state index contributed by atoms with van der Waals surface area (Å²) < 4.78 is 1.87. The van der Waals surface area contributed by atoms with Crippen molar-refractivity contribution in [2.24, 2.45) is 5.92 Å². The predicted molar refractivity (Wildman–Crippen MR) is 121 cm³/mol. The van der Waals surface area contributed by atoms with Crippen LogP contribution in [0.25, 0.3) is 22.3 Å². The van der Waals surface area contributed by atoms with Crippen LogP contribution in [0.3, 0.4) is 0 Å². The second kappa shape index (κ2) is 9.57. The molecule has 1 aliphatic rings. The number of nitrogens with one attached hydrogen (secondary N) is 2. The van der Waals surface area contributed by atoms with Gasteiger partial charge in [0, 0.05) is 37.2 Å². The van der Waals surface area contributed by atoms with E-state index in [1.54, 1.807) is 6.20 Å². The van der Waals surface area contributed by atoms with Crippen LogP contribution in [0.5, 0.6) is 0 Å². The van der Waals surface area contributed by atoms with Crippen LogP contribution in [-0.4, -0.2) is 40.3 Å². The monoisotopic (exact) mass is 435 g/mol. The van der Waals surface area contributed by atoms with Gasteiger partial charge >= 0.3 is 0 Å². The molecule has 0 bridgehead atoms. The molecule has 8 heteroatoms. The smallest absolute Gasteiger partial charge is 0.252 e. The van der Waals surface area contributed by atoms with Gasteiger partial charge in [0.2, 0.25) is 0 Å². The Kier molecular flexibility index (Phi) is 7.63. The summed E-state index contributed by atoms with van der Waals surface area (Å²) in [5, 5.41) is 11.6. The first-order valence-corrected chi connectivity index (χ1v) is 9.47. The number of aromatic nitrogens is 3. The molecule has 6 nitrogen and oxygen atoms in total. The largest absolute Gasteiger partial charge is 0.352 e. The van der Waals surface area contributed by atoms with Crippen LogP contribution in [0.2, 0.25) is 0 Å². The number of amides is 1. The maximum atomic E-state index is 12.9. The minimum Gasteiger partial charge on any atom is -0.352 e. The number of halogens is 2. The molecular weight excluding hydrogens is 409 g/mol. The Labute approximate surface area is 183 Å². The summed E-state index contributed by atoms with van der Waals surface area (Å²) >= 11 is 0. The van der Waals surface area contributed by atoms with Gasteiger partial charge in [-0.2, -0.15) is 5.10 Å². The standard InChI is InChI=1S/C21H25N5O.2ClH/c1-13(2)26-20-18(12-24-26)17(21(27)23-11-15-9-22-10-15)8-19(25-20)16-6-4-14(3)5-7-16;;/h4-8,12-13,15,22H,9-11H2,1-3H3,(H,23,27);2*1H. The van der Waals surface area contributed by atoms with Crippen molar-refractivity contribution in [2.45, 2.75) is 26.8 Å². The van der Waals surface area contributed by atoms with Crippen LogP contribution in [0, 0.1) is 12.8 Å². The second-order valence-corrected chi connectivity index (χ2v) is 7.58. The maximum Gasteiger partial charge on any atom is 0.252 e. The van der Waals surface area contributed by atoms with Gasteiger partial charge in [-0.1, -0.05) is 29.8 Å². The predicted octanol–water partition coefficient (Wildman–Crippen LogP) is 3.78. The third-order valence-corrected chi connectivity index (χ3v) is 5.07. The van der Waals surface area contributed by atoms with Crippen LogP contribution >= 0.6 is 24.8 Å². The van der Waals surface area contributed by atoms with E-state index in [1.807, 2.05) is 22.9 Å². The molecule has 3 heterocycles. The molecule has 2 aromatic heterocycles. The Bertz CT molecular complexity index is 981. The highest BCUT2D eigenvalue weighted by Gasteiger charge is 2.21. The molecule has 0 spiro atoms. The lowest BCUT2D eigenvalue weighted by Gasteiger charge is -2.27. The average Bonchev–Trinajstić information content (AvgIpc) is 3.04. The zero-order valence-corrected chi connectivity index (χ0v) is 18.4. The summed E-state index contributed by atoms with van der Waals surface area (Å²) in [6.45, 7) is 8.81. The normalized spacial score (nSPS) is 13.5. The Morgan fingerprint density at radius 1 is 1.24 bits per heavy atom. The highest BCUT2D eigenvalue weighted by Crippen LogP contribution is 2.26. The van der Waals surface area contributed by atoms with E-state index in [9.17, 15) is 4.79 Å². The van der Waals surface area contributed by atoms with E-state index in [1.165, 1.54) is 5.56 Å². The first-order valence-electron chi connectivity index (χ1n) is 9.47. The number of carbonyl (C=O) groups is 1. The van der Waals surface area contributed by atoms with Crippen molar-refractivity contribution < 1.29 is 4.79 Å². The lowest BCUT2D eigenvalue weighted by Crippen LogP contribution is -2.48. The van der Waals surface area contributed by atoms with Crippen LogP contribution in [0.15, 0.2) is 36.5 Å². The molecule has 156 valence electrons. The minimum absolute atomic E-state index is 0. The fraction of sp³-hybridized carbons (Fsp3) is 0.381. The summed E-state index contributed by atoms with van der Waals surface area (Å²) in [4.78, 5) is 17.8. The minimum atomic E-state index is -0.0639. The molecule has 29 heavy (non-hydrogen) atoms. The summed E-state index contributed by atoms with van der Waals surface area (Å²) in [5.74, 6) is 0.451. The Balaban J connectivity index is 0.00000150. The quantitative estimate of drug-likeness (QED) is 0.639. The van der Waals surface area contributed by atoms with E-state index in [4.69, 9.17) is 4.98 Å². The van der Waals surface area contributed by atoms with Gasteiger partial charge in [-0.3, -0.25) is 4.79 Å². The van der Waals surface area contributed by atoms with Crippen molar-refractivity contribution in [1.29, 1.82) is 0 Å². The van der Waals surface area contributed by atoms with Crippen molar-refractivity contribution in [3.05, 3.63) is 47.7 Å². The fourth-order valence-corrected chi connectivity index (χ4v) is 3.28. The van der Waals surface area contributed by atoms with Gasteiger partial charge in [0.15, 0.2) is 5.65 Å². The van der Waals surface area contributed by atoms with E-state index in [0.29, 0.717) is 18.0 Å². The number of rotatable bonds is 5. The van der Waals surface area contributed by atoms with Crippen molar-refractivity contribution in [3.8, 4) is 11.3 Å². The molecule has 1 aliphatic heterocycles. The van der Waals surface area contributed by atoms with Crippen LogP contribution in [0.4, 0.5) is 0 Å². The van der Waals surface area contributed by atoms with Gasteiger partial charge < -0.3 is 10.6 Å². The number of hydrogen-bond acceptors (Lipinski definition) is 4. The van der Waals surface area contributed by atoms with E-state index >= 15 is 0 Å². The molecule has 4 rings (SSSR count). The lowest BCUT2D eigenvalue weighted by molar-refractivity contribution is 0.0944. The van der Waals surface area contributed by atoms with Gasteiger partial charge in [-0.25, -0.2) is 9.67 Å². The average molecular weight is 436 g/mol. The molecule has 3 aromatic rings. The number of pyridine rings is 1. The number of aryl methyl sites for hydroxylation is 1. The van der Waals surface area contributed by atoms with Gasteiger partial charge in [0.05, 0.1) is 22.8 Å². The summed E-state index contributed by atoms with van der Waals surface area (Å²) in [7, 11) is 0. The first-order chi connectivity index (χ1) is 13.0. The SMILES string of the molecule is Cc1ccc(-c2cc(C(=O)NCC3CNC3)c3cnn(C(C)C)c3n2)cc1.Cl.Cl. The van der Waals surface area contributed by atoms with Crippen molar-refractivity contribution in [3.63, 3.8) is 0 Å². The number of hydrogen-bond donors (Lipinski definition) is 2. The van der Waals surface area contributed by atoms with Crippen molar-refractivity contribution in [1.82, 2.24) is 25.4 Å². The molecule has 1 aromatic carbocycles. The van der Waals surface area contributed by atoms with Crippen LogP contribution in [-0.2, 0) is 0 Å². The van der Waals surface area contributed by atoms with Crippen LogP contribution < -0.4 is 10.6 Å². The van der Waals surface area contributed by atoms with E-state index < -0.39 is 0 Å². The van der Waals surface area contributed by atoms with Crippen molar-refractivity contribution in [2.75, 3.05) is 19.6 Å². The molecule has 1 fully saturated rings. The Hall–Kier alpha value is -2.15. The molecule has 0 aliphatic carbocycles. The van der Waals surface area contributed by atoms with E-state index in [2.05, 4.69) is 48.6 Å². The summed E-state index contributed by atoms with van der Waals surface area (Å²) in [6, 6.07) is 10.3. The molecule has 0 radical (unpaired) electrons. The molecule has 0 atom stereocenters.